The van der Waals surface area contributed by atoms with Crippen LogP contribution in [-0.2, 0) is 4.74 Å². The Bertz CT molecular complexity index is 153. The highest BCUT2D eigenvalue weighted by Gasteiger charge is 1.74. The van der Waals surface area contributed by atoms with Gasteiger partial charge in [0.1, 0.15) is 6.26 Å². The molecule has 0 saturated carbocycles. The van der Waals surface area contributed by atoms with Crippen molar-refractivity contribution in [2.45, 2.75) is 13.3 Å². The standard InChI is InChI=1S/C8H10O/c1-3-5-6-8-9-7-4-2/h7H,2,6,8H2,1H3. The molecule has 0 aliphatic rings. The second kappa shape index (κ2) is 6.88. The van der Waals surface area contributed by atoms with E-state index in [0.717, 1.165) is 6.42 Å². The topological polar surface area (TPSA) is 9.23 Å². The highest BCUT2D eigenvalue weighted by molar-refractivity contribution is 4.94. The van der Waals surface area contributed by atoms with E-state index in [1.54, 1.807) is 0 Å². The lowest BCUT2D eigenvalue weighted by Crippen LogP contribution is -1.82. The Hall–Kier alpha value is -1.12. The van der Waals surface area contributed by atoms with E-state index in [-0.39, 0.29) is 0 Å². The zero-order chi connectivity index (χ0) is 6.95. The molecule has 0 bridgehead atoms. The van der Waals surface area contributed by atoms with Crippen LogP contribution in [0.15, 0.2) is 18.6 Å². The minimum atomic E-state index is 0.628. The summed E-state index contributed by atoms with van der Waals surface area (Å²) in [4.78, 5) is 0. The third kappa shape index (κ3) is 6.88. The van der Waals surface area contributed by atoms with Crippen LogP contribution in [0.3, 0.4) is 0 Å². The predicted octanol–water partition coefficient (Wildman–Crippen LogP) is 1.71. The van der Waals surface area contributed by atoms with E-state index in [9.17, 15) is 0 Å². The van der Waals surface area contributed by atoms with Crippen LogP contribution < -0.4 is 0 Å². The van der Waals surface area contributed by atoms with E-state index in [1.807, 2.05) is 6.92 Å². The first-order chi connectivity index (χ1) is 4.41. The van der Waals surface area contributed by atoms with Crippen LogP contribution in [-0.4, -0.2) is 6.61 Å². The van der Waals surface area contributed by atoms with Crippen molar-refractivity contribution in [2.75, 3.05) is 6.61 Å². The van der Waals surface area contributed by atoms with Crippen LogP contribution in [0.2, 0.25) is 0 Å². The van der Waals surface area contributed by atoms with Gasteiger partial charge in [0.2, 0.25) is 0 Å². The molecule has 0 rings (SSSR count). The average molecular weight is 122 g/mol. The van der Waals surface area contributed by atoms with Crippen molar-refractivity contribution in [3.63, 3.8) is 0 Å². The Labute approximate surface area is 56.0 Å². The molecule has 0 aliphatic carbocycles. The van der Waals surface area contributed by atoms with Crippen LogP contribution in [0.4, 0.5) is 0 Å². The van der Waals surface area contributed by atoms with Gasteiger partial charge in [0, 0.05) is 6.42 Å². The first-order valence-electron chi connectivity index (χ1n) is 2.77. The van der Waals surface area contributed by atoms with Gasteiger partial charge in [-0.05, 0) is 6.92 Å². The molecule has 0 N–H and O–H groups in total. The summed E-state index contributed by atoms with van der Waals surface area (Å²) in [7, 11) is 0. The second-order valence-corrected chi connectivity index (χ2v) is 1.37. The summed E-state index contributed by atoms with van der Waals surface area (Å²) in [5, 5.41) is 0. The fourth-order valence-corrected chi connectivity index (χ4v) is 0.353. The van der Waals surface area contributed by atoms with Gasteiger partial charge in [0.25, 0.3) is 0 Å². The van der Waals surface area contributed by atoms with Crippen molar-refractivity contribution in [1.82, 2.24) is 0 Å². The van der Waals surface area contributed by atoms with Crippen molar-refractivity contribution >= 4 is 0 Å². The smallest absolute Gasteiger partial charge is 0.124 e. The van der Waals surface area contributed by atoms with Crippen molar-refractivity contribution in [1.29, 1.82) is 0 Å². The van der Waals surface area contributed by atoms with E-state index in [1.165, 1.54) is 6.26 Å². The third-order valence-corrected chi connectivity index (χ3v) is 0.688. The Kier molecular flexibility index (Phi) is 6.02. The predicted molar refractivity (Wildman–Crippen MR) is 37.7 cm³/mol. The van der Waals surface area contributed by atoms with Gasteiger partial charge < -0.3 is 4.74 Å². The molecule has 1 nitrogen and oxygen atoms in total. The summed E-state index contributed by atoms with van der Waals surface area (Å²) in [5.41, 5.74) is 2.50. The van der Waals surface area contributed by atoms with Gasteiger partial charge in [-0.25, -0.2) is 0 Å². The highest BCUT2D eigenvalue weighted by atomic mass is 16.5. The molecule has 0 aromatic rings. The fourth-order valence-electron chi connectivity index (χ4n) is 0.353. The minimum absolute atomic E-state index is 0.628. The van der Waals surface area contributed by atoms with Gasteiger partial charge in [-0.3, -0.25) is 0 Å². The zero-order valence-corrected chi connectivity index (χ0v) is 5.61. The molecule has 0 saturated heterocycles. The number of ether oxygens (including phenoxy) is 1. The number of hydrogen-bond acceptors (Lipinski definition) is 1. The zero-order valence-electron chi connectivity index (χ0n) is 5.61. The molecule has 0 aliphatic heterocycles. The summed E-state index contributed by atoms with van der Waals surface area (Å²) in [6.07, 6.45) is 2.21. The molecule has 1 heteroatoms. The molecular weight excluding hydrogens is 112 g/mol. The highest BCUT2D eigenvalue weighted by Crippen LogP contribution is 1.79. The van der Waals surface area contributed by atoms with Crippen molar-refractivity contribution < 1.29 is 4.74 Å². The molecule has 0 fully saturated rings. The molecule has 0 amide bonds. The lowest BCUT2D eigenvalue weighted by atomic mass is 10.4. The van der Waals surface area contributed by atoms with Crippen LogP contribution >= 0.6 is 0 Å². The summed E-state index contributed by atoms with van der Waals surface area (Å²) >= 11 is 0. The first-order valence-corrected chi connectivity index (χ1v) is 2.77. The van der Waals surface area contributed by atoms with Gasteiger partial charge in [-0.2, -0.15) is 0 Å². The van der Waals surface area contributed by atoms with Crippen molar-refractivity contribution in [3.8, 4) is 11.8 Å². The fraction of sp³-hybridized carbons (Fsp3) is 0.375. The maximum atomic E-state index is 4.88. The molecule has 0 aromatic carbocycles. The molecule has 0 atom stereocenters. The SMILES string of the molecule is C=C=COCCC#CC. The molecule has 0 radical (unpaired) electrons. The summed E-state index contributed by atoms with van der Waals surface area (Å²) in [5.74, 6) is 5.63. The summed E-state index contributed by atoms with van der Waals surface area (Å²) < 4.78 is 4.88. The normalized spacial score (nSPS) is 6.33. The molecular formula is C8H10O. The molecule has 0 heterocycles. The summed E-state index contributed by atoms with van der Waals surface area (Å²) in [6, 6.07) is 0. The Balaban J connectivity index is 3.07. The van der Waals surface area contributed by atoms with E-state index in [4.69, 9.17) is 4.74 Å². The molecule has 0 spiro atoms. The molecule has 9 heavy (non-hydrogen) atoms. The van der Waals surface area contributed by atoms with Crippen LogP contribution in [0.5, 0.6) is 0 Å². The van der Waals surface area contributed by atoms with Crippen molar-refractivity contribution in [2.24, 2.45) is 0 Å². The summed E-state index contributed by atoms with van der Waals surface area (Å²) in [6.45, 7) is 5.77. The van der Waals surface area contributed by atoms with E-state index >= 15 is 0 Å². The number of rotatable bonds is 3. The third-order valence-electron chi connectivity index (χ3n) is 0.688. The van der Waals surface area contributed by atoms with Gasteiger partial charge in [-0.1, -0.05) is 12.3 Å². The monoisotopic (exact) mass is 122 g/mol. The van der Waals surface area contributed by atoms with E-state index in [2.05, 4.69) is 24.2 Å². The van der Waals surface area contributed by atoms with Gasteiger partial charge in [-0.15, -0.1) is 11.8 Å². The Morgan fingerprint density at radius 2 is 2.44 bits per heavy atom. The molecule has 0 unspecified atom stereocenters. The van der Waals surface area contributed by atoms with Crippen LogP contribution in [0.25, 0.3) is 0 Å². The minimum Gasteiger partial charge on any atom is -0.492 e. The Morgan fingerprint density at radius 3 is 3.00 bits per heavy atom. The maximum Gasteiger partial charge on any atom is 0.124 e. The van der Waals surface area contributed by atoms with Crippen molar-refractivity contribution in [3.05, 3.63) is 18.6 Å². The first kappa shape index (κ1) is 7.88. The second-order valence-electron chi connectivity index (χ2n) is 1.37. The number of hydrogen-bond donors (Lipinski definition) is 0. The quantitative estimate of drug-likeness (QED) is 0.240. The van der Waals surface area contributed by atoms with Gasteiger partial charge in [0.15, 0.2) is 0 Å². The van der Waals surface area contributed by atoms with Crippen LogP contribution in [0, 0.1) is 11.8 Å². The largest absolute Gasteiger partial charge is 0.492 e. The van der Waals surface area contributed by atoms with Gasteiger partial charge >= 0.3 is 0 Å². The molecule has 48 valence electrons. The van der Waals surface area contributed by atoms with Gasteiger partial charge in [0.05, 0.1) is 6.61 Å². The maximum absolute atomic E-state index is 4.88. The lowest BCUT2D eigenvalue weighted by Gasteiger charge is -1.90. The van der Waals surface area contributed by atoms with Crippen LogP contribution in [0.1, 0.15) is 13.3 Å². The average Bonchev–Trinajstić information content (AvgIpc) is 1.89. The van der Waals surface area contributed by atoms with E-state index in [0.29, 0.717) is 6.61 Å². The van der Waals surface area contributed by atoms with E-state index < -0.39 is 0 Å². The lowest BCUT2D eigenvalue weighted by molar-refractivity contribution is 0.259. The Morgan fingerprint density at radius 1 is 1.67 bits per heavy atom. The molecule has 0 aromatic heterocycles.